The maximum absolute atomic E-state index is 2.58. The molecule has 3 aromatic rings. The van der Waals surface area contributed by atoms with E-state index in [0.717, 1.165) is 26.1 Å². The summed E-state index contributed by atoms with van der Waals surface area (Å²) in [5.41, 5.74) is 5.67. The van der Waals surface area contributed by atoms with Gasteiger partial charge in [-0.05, 0) is 28.7 Å². The minimum Gasteiger partial charge on any atom is -0.298 e. The summed E-state index contributed by atoms with van der Waals surface area (Å²) in [4.78, 5) is 2.58. The molecule has 0 N–H and O–H groups in total. The van der Waals surface area contributed by atoms with Gasteiger partial charge in [-0.2, -0.15) is 0 Å². The lowest BCUT2D eigenvalue weighted by Crippen LogP contribution is -2.29. The quantitative estimate of drug-likeness (QED) is 0.616. The second-order valence-corrected chi connectivity index (χ2v) is 6.98. The van der Waals surface area contributed by atoms with Crippen LogP contribution in [0.2, 0.25) is 0 Å². The predicted molar refractivity (Wildman–Crippen MR) is 110 cm³/mol. The van der Waals surface area contributed by atoms with Gasteiger partial charge in [0.05, 0.1) is 0 Å². The highest BCUT2D eigenvalue weighted by Crippen LogP contribution is 2.31. The Kier molecular flexibility index (Phi) is 5.27. The van der Waals surface area contributed by atoms with Crippen LogP contribution in [0.5, 0.6) is 0 Å². The zero-order valence-corrected chi connectivity index (χ0v) is 15.1. The van der Waals surface area contributed by atoms with Gasteiger partial charge >= 0.3 is 0 Å². The van der Waals surface area contributed by atoms with Crippen molar-refractivity contribution in [3.8, 4) is 0 Å². The van der Waals surface area contributed by atoms with Crippen molar-refractivity contribution in [2.75, 3.05) is 19.6 Å². The summed E-state index contributed by atoms with van der Waals surface area (Å²) < 4.78 is 0. The number of rotatable bonds is 4. The minimum atomic E-state index is 0.444. The van der Waals surface area contributed by atoms with Crippen LogP contribution >= 0.6 is 0 Å². The Balaban J connectivity index is 1.55. The average Bonchev–Trinajstić information content (AvgIpc) is 2.89. The molecule has 4 rings (SSSR count). The first kappa shape index (κ1) is 16.8. The molecule has 0 aromatic heterocycles. The van der Waals surface area contributed by atoms with Gasteiger partial charge in [0.1, 0.15) is 0 Å². The summed E-state index contributed by atoms with van der Waals surface area (Å²) in [6, 6.07) is 30.5. The van der Waals surface area contributed by atoms with Crippen LogP contribution < -0.4 is 0 Å². The molecule has 1 heterocycles. The van der Waals surface area contributed by atoms with Crippen molar-refractivity contribution in [2.45, 2.75) is 12.3 Å². The van der Waals surface area contributed by atoms with Crippen molar-refractivity contribution < 1.29 is 0 Å². The molecular weight excluding hydrogens is 314 g/mol. The predicted octanol–water partition coefficient (Wildman–Crippen LogP) is 5.39. The summed E-state index contributed by atoms with van der Waals surface area (Å²) in [5.74, 6) is 0.444. The molecule has 0 radical (unpaired) electrons. The Morgan fingerprint density at radius 1 is 0.808 bits per heavy atom. The van der Waals surface area contributed by atoms with Crippen LogP contribution in [0.25, 0.3) is 6.08 Å². The largest absolute Gasteiger partial charge is 0.298 e. The van der Waals surface area contributed by atoms with Crippen LogP contribution in [0, 0.1) is 0 Å². The van der Waals surface area contributed by atoms with E-state index < -0.39 is 0 Å². The third kappa shape index (κ3) is 3.95. The van der Waals surface area contributed by atoms with E-state index in [-0.39, 0.29) is 0 Å². The van der Waals surface area contributed by atoms with Gasteiger partial charge in [0, 0.05) is 25.6 Å². The molecule has 1 unspecified atom stereocenters. The van der Waals surface area contributed by atoms with Crippen LogP contribution in [-0.4, -0.2) is 24.5 Å². The summed E-state index contributed by atoms with van der Waals surface area (Å²) in [5, 5.41) is 0. The SMILES string of the molecule is C(=C\c1ccccc1)/CN1CCc2ccccc2C(c2ccccc2)C1. The fraction of sp³-hybridized carbons (Fsp3) is 0.200. The van der Waals surface area contributed by atoms with E-state index in [9.17, 15) is 0 Å². The lowest BCUT2D eigenvalue weighted by molar-refractivity contribution is 0.306. The third-order valence-electron chi connectivity index (χ3n) is 5.24. The summed E-state index contributed by atoms with van der Waals surface area (Å²) >= 11 is 0. The highest BCUT2D eigenvalue weighted by atomic mass is 15.1. The monoisotopic (exact) mass is 339 g/mol. The number of benzene rings is 3. The van der Waals surface area contributed by atoms with E-state index >= 15 is 0 Å². The minimum absolute atomic E-state index is 0.444. The summed E-state index contributed by atoms with van der Waals surface area (Å²) in [6.07, 6.45) is 5.65. The van der Waals surface area contributed by atoms with Crippen molar-refractivity contribution in [1.82, 2.24) is 4.90 Å². The molecule has 0 amide bonds. The fourth-order valence-electron chi connectivity index (χ4n) is 3.87. The van der Waals surface area contributed by atoms with E-state index in [1.54, 1.807) is 0 Å². The molecule has 1 aliphatic heterocycles. The maximum Gasteiger partial charge on any atom is 0.0220 e. The molecule has 0 bridgehead atoms. The van der Waals surface area contributed by atoms with E-state index in [1.807, 2.05) is 0 Å². The van der Waals surface area contributed by atoms with Gasteiger partial charge in [-0.1, -0.05) is 97.1 Å². The van der Waals surface area contributed by atoms with Crippen LogP contribution in [0.4, 0.5) is 0 Å². The highest BCUT2D eigenvalue weighted by molar-refractivity contribution is 5.49. The molecule has 1 aliphatic rings. The first-order valence-electron chi connectivity index (χ1n) is 9.47. The molecular formula is C25H25N. The molecule has 1 nitrogen and oxygen atoms in total. The second-order valence-electron chi connectivity index (χ2n) is 6.98. The fourth-order valence-corrected chi connectivity index (χ4v) is 3.87. The van der Waals surface area contributed by atoms with Gasteiger partial charge in [0.15, 0.2) is 0 Å². The van der Waals surface area contributed by atoms with E-state index in [4.69, 9.17) is 0 Å². The smallest absolute Gasteiger partial charge is 0.0220 e. The van der Waals surface area contributed by atoms with Crippen LogP contribution in [0.3, 0.4) is 0 Å². The third-order valence-corrected chi connectivity index (χ3v) is 5.24. The molecule has 1 heteroatoms. The Morgan fingerprint density at radius 3 is 2.31 bits per heavy atom. The second kappa shape index (κ2) is 8.16. The van der Waals surface area contributed by atoms with Crippen molar-refractivity contribution in [3.63, 3.8) is 0 Å². The van der Waals surface area contributed by atoms with Gasteiger partial charge in [-0.25, -0.2) is 0 Å². The van der Waals surface area contributed by atoms with Crippen molar-refractivity contribution in [1.29, 1.82) is 0 Å². The Hall–Kier alpha value is -2.64. The Labute approximate surface area is 156 Å². The molecule has 26 heavy (non-hydrogen) atoms. The van der Waals surface area contributed by atoms with Crippen molar-refractivity contribution in [2.24, 2.45) is 0 Å². The standard InChI is InChI=1S/C25H25N/c1-3-10-21(11-4-1)12-9-18-26-19-17-23-15-7-8-16-24(23)25(20-26)22-13-5-2-6-14-22/h1-16,25H,17-20H2/b12-9+. The lowest BCUT2D eigenvalue weighted by atomic mass is 9.88. The number of hydrogen-bond donors (Lipinski definition) is 0. The normalized spacial score (nSPS) is 17.8. The van der Waals surface area contributed by atoms with Gasteiger partial charge in [0.2, 0.25) is 0 Å². The van der Waals surface area contributed by atoms with Crippen molar-refractivity contribution in [3.05, 3.63) is 113 Å². The number of fused-ring (bicyclic) bond motifs is 1. The molecule has 0 aliphatic carbocycles. The van der Waals surface area contributed by atoms with E-state index in [1.165, 1.54) is 22.3 Å². The van der Waals surface area contributed by atoms with Crippen LogP contribution in [-0.2, 0) is 6.42 Å². The topological polar surface area (TPSA) is 3.24 Å². The molecule has 0 spiro atoms. The molecule has 0 saturated carbocycles. The maximum atomic E-state index is 2.58. The van der Waals surface area contributed by atoms with Gasteiger partial charge < -0.3 is 0 Å². The van der Waals surface area contributed by atoms with Crippen molar-refractivity contribution >= 4 is 6.08 Å². The molecule has 0 fully saturated rings. The van der Waals surface area contributed by atoms with Crippen LogP contribution in [0.1, 0.15) is 28.2 Å². The van der Waals surface area contributed by atoms with Gasteiger partial charge in [-0.3, -0.25) is 4.90 Å². The molecule has 1 atom stereocenters. The molecule has 130 valence electrons. The Bertz CT molecular complexity index is 852. The highest BCUT2D eigenvalue weighted by Gasteiger charge is 2.23. The van der Waals surface area contributed by atoms with E-state index in [2.05, 4.69) is 102 Å². The average molecular weight is 339 g/mol. The van der Waals surface area contributed by atoms with E-state index in [0.29, 0.717) is 5.92 Å². The Morgan fingerprint density at radius 2 is 1.50 bits per heavy atom. The molecule has 3 aromatic carbocycles. The number of nitrogens with zero attached hydrogens (tertiary/aromatic N) is 1. The first-order chi connectivity index (χ1) is 12.9. The molecule has 0 saturated heterocycles. The zero-order valence-electron chi connectivity index (χ0n) is 15.1. The lowest BCUT2D eigenvalue weighted by Gasteiger charge is -2.24. The summed E-state index contributed by atoms with van der Waals surface area (Å²) in [6.45, 7) is 3.17. The summed E-state index contributed by atoms with van der Waals surface area (Å²) in [7, 11) is 0. The van der Waals surface area contributed by atoms with Crippen LogP contribution in [0.15, 0.2) is 91.0 Å². The number of hydrogen-bond acceptors (Lipinski definition) is 1. The first-order valence-corrected chi connectivity index (χ1v) is 9.47. The zero-order chi connectivity index (χ0) is 17.6. The van der Waals surface area contributed by atoms with Gasteiger partial charge in [-0.15, -0.1) is 0 Å². The van der Waals surface area contributed by atoms with Gasteiger partial charge in [0.25, 0.3) is 0 Å².